The highest BCUT2D eigenvalue weighted by Gasteiger charge is 2.27. The fourth-order valence-corrected chi connectivity index (χ4v) is 3.91. The van der Waals surface area contributed by atoms with Gasteiger partial charge >= 0.3 is 0 Å². The number of nitrogens with zero attached hydrogens (tertiary/aromatic N) is 2. The van der Waals surface area contributed by atoms with E-state index in [1.165, 1.54) is 0 Å². The Labute approximate surface area is 165 Å². The van der Waals surface area contributed by atoms with Crippen molar-refractivity contribution in [3.63, 3.8) is 0 Å². The van der Waals surface area contributed by atoms with E-state index in [0.29, 0.717) is 28.3 Å². The minimum atomic E-state index is -0.532. The number of halogens is 1. The average Bonchev–Trinajstić information content (AvgIpc) is 3.26. The maximum absolute atomic E-state index is 11.4. The third kappa shape index (κ3) is 3.48. The molecule has 3 aromatic rings. The second kappa shape index (κ2) is 7.29. The Kier molecular flexibility index (Phi) is 4.82. The maximum Gasteiger partial charge on any atom is 0.248 e. The molecule has 1 aromatic carbocycles. The number of rotatable bonds is 5. The Morgan fingerprint density at radius 3 is 2.86 bits per heavy atom. The first-order valence-electron chi connectivity index (χ1n) is 8.98. The van der Waals surface area contributed by atoms with Gasteiger partial charge in [-0.05, 0) is 43.4 Å². The lowest BCUT2D eigenvalue weighted by atomic mass is 10.1. The summed E-state index contributed by atoms with van der Waals surface area (Å²) in [5.41, 5.74) is 12.5. The standard InChI is InChI=1S/C19H20ClN5O3/c20-16-15(14-6-10-2-3-11(17(21)27)7-13(10)28-14)18(25-19(22)24-16)23-12-4-1-9(5-12)8-26/h2-3,6-7,9,12,26H,1,4-5,8H2,(H2,21,27)(H3,22,23,24,25)/t9-,12+/m1/s1. The lowest BCUT2D eigenvalue weighted by Crippen LogP contribution is -2.18. The van der Waals surface area contributed by atoms with E-state index < -0.39 is 5.91 Å². The van der Waals surface area contributed by atoms with Crippen molar-refractivity contribution in [3.05, 3.63) is 35.0 Å². The van der Waals surface area contributed by atoms with Crippen molar-refractivity contribution in [2.75, 3.05) is 17.7 Å². The first-order chi connectivity index (χ1) is 13.4. The van der Waals surface area contributed by atoms with Crippen LogP contribution >= 0.6 is 11.6 Å². The molecule has 9 heteroatoms. The number of nitrogens with one attached hydrogen (secondary N) is 1. The smallest absolute Gasteiger partial charge is 0.248 e. The SMILES string of the molecule is NC(=O)c1ccc2cc(-c3c(Cl)nc(N)nc3N[C@H]3CC[C@@H](CO)C3)oc2c1. The summed E-state index contributed by atoms with van der Waals surface area (Å²) in [7, 11) is 0. The van der Waals surface area contributed by atoms with Crippen molar-refractivity contribution in [2.24, 2.45) is 11.7 Å². The van der Waals surface area contributed by atoms with Crippen molar-refractivity contribution in [3.8, 4) is 11.3 Å². The number of amides is 1. The molecule has 146 valence electrons. The van der Waals surface area contributed by atoms with Crippen molar-refractivity contribution < 1.29 is 14.3 Å². The van der Waals surface area contributed by atoms with E-state index >= 15 is 0 Å². The van der Waals surface area contributed by atoms with E-state index in [2.05, 4.69) is 15.3 Å². The molecule has 2 atom stereocenters. The van der Waals surface area contributed by atoms with Gasteiger partial charge in [0.2, 0.25) is 11.9 Å². The number of nitrogen functional groups attached to an aromatic ring is 1. The van der Waals surface area contributed by atoms with Gasteiger partial charge in [0, 0.05) is 23.6 Å². The minimum Gasteiger partial charge on any atom is -0.456 e. The van der Waals surface area contributed by atoms with Crippen LogP contribution in [0.4, 0.5) is 11.8 Å². The van der Waals surface area contributed by atoms with Gasteiger partial charge in [-0.25, -0.2) is 4.98 Å². The fraction of sp³-hybridized carbons (Fsp3) is 0.316. The number of aliphatic hydroxyl groups is 1. The van der Waals surface area contributed by atoms with Crippen LogP contribution in [0.15, 0.2) is 28.7 Å². The first kappa shape index (κ1) is 18.5. The molecule has 0 radical (unpaired) electrons. The molecule has 0 unspecified atom stereocenters. The van der Waals surface area contributed by atoms with Crippen LogP contribution in [0.5, 0.6) is 0 Å². The van der Waals surface area contributed by atoms with Gasteiger partial charge in [-0.15, -0.1) is 0 Å². The van der Waals surface area contributed by atoms with Crippen molar-refractivity contribution in [2.45, 2.75) is 25.3 Å². The van der Waals surface area contributed by atoms with E-state index in [-0.39, 0.29) is 29.7 Å². The van der Waals surface area contributed by atoms with Gasteiger partial charge in [-0.1, -0.05) is 17.7 Å². The highest BCUT2D eigenvalue weighted by atomic mass is 35.5. The van der Waals surface area contributed by atoms with Crippen molar-refractivity contribution in [1.29, 1.82) is 0 Å². The number of aromatic nitrogens is 2. The topological polar surface area (TPSA) is 140 Å². The van der Waals surface area contributed by atoms with E-state index in [9.17, 15) is 9.90 Å². The molecular formula is C19H20ClN5O3. The number of hydrogen-bond donors (Lipinski definition) is 4. The Morgan fingerprint density at radius 1 is 1.32 bits per heavy atom. The van der Waals surface area contributed by atoms with Gasteiger partial charge < -0.3 is 26.3 Å². The molecule has 2 heterocycles. The Bertz CT molecular complexity index is 1050. The Morgan fingerprint density at radius 2 is 2.14 bits per heavy atom. The summed E-state index contributed by atoms with van der Waals surface area (Å²) in [6.07, 6.45) is 2.69. The van der Waals surface area contributed by atoms with Crippen LogP contribution in [0.1, 0.15) is 29.6 Å². The predicted molar refractivity (Wildman–Crippen MR) is 107 cm³/mol. The molecule has 1 aliphatic carbocycles. The summed E-state index contributed by atoms with van der Waals surface area (Å²) in [6.45, 7) is 0.170. The molecule has 1 fully saturated rings. The van der Waals surface area contributed by atoms with Gasteiger partial charge in [0.25, 0.3) is 0 Å². The Balaban J connectivity index is 1.74. The predicted octanol–water partition coefficient (Wildman–Crippen LogP) is 2.80. The number of carbonyl (C=O) groups excluding carboxylic acids is 1. The van der Waals surface area contributed by atoms with E-state index in [4.69, 9.17) is 27.5 Å². The van der Waals surface area contributed by atoms with E-state index in [1.807, 2.05) is 0 Å². The zero-order valence-corrected chi connectivity index (χ0v) is 15.7. The third-order valence-electron chi connectivity index (χ3n) is 5.07. The van der Waals surface area contributed by atoms with Crippen LogP contribution in [0.25, 0.3) is 22.3 Å². The first-order valence-corrected chi connectivity index (χ1v) is 9.36. The monoisotopic (exact) mass is 401 g/mol. The molecule has 0 saturated heterocycles. The number of nitrogens with two attached hydrogens (primary N) is 2. The molecule has 6 N–H and O–H groups in total. The summed E-state index contributed by atoms with van der Waals surface area (Å²) < 4.78 is 5.92. The molecule has 0 bridgehead atoms. The van der Waals surface area contributed by atoms with Crippen LogP contribution in [-0.4, -0.2) is 33.6 Å². The number of fused-ring (bicyclic) bond motifs is 1. The molecule has 4 rings (SSSR count). The lowest BCUT2D eigenvalue weighted by Gasteiger charge is -2.16. The minimum absolute atomic E-state index is 0.0556. The van der Waals surface area contributed by atoms with Gasteiger partial charge in [0.05, 0.1) is 5.56 Å². The number of hydrogen-bond acceptors (Lipinski definition) is 7. The van der Waals surface area contributed by atoms with Crippen LogP contribution < -0.4 is 16.8 Å². The summed E-state index contributed by atoms with van der Waals surface area (Å²) in [5, 5.41) is 13.7. The number of furan rings is 1. The molecule has 0 spiro atoms. The van der Waals surface area contributed by atoms with Crippen molar-refractivity contribution >= 4 is 40.2 Å². The molecular weight excluding hydrogens is 382 g/mol. The van der Waals surface area contributed by atoms with Gasteiger partial charge in [-0.3, -0.25) is 4.79 Å². The molecule has 1 amide bonds. The molecule has 2 aromatic heterocycles. The number of aliphatic hydroxyl groups excluding tert-OH is 1. The number of primary amides is 1. The van der Waals surface area contributed by atoms with Gasteiger partial charge in [-0.2, -0.15) is 4.98 Å². The lowest BCUT2D eigenvalue weighted by molar-refractivity contribution is 0.100. The van der Waals surface area contributed by atoms with Crippen molar-refractivity contribution in [1.82, 2.24) is 9.97 Å². The highest BCUT2D eigenvalue weighted by Crippen LogP contribution is 2.38. The van der Waals surface area contributed by atoms with Gasteiger partial charge in [0.1, 0.15) is 22.3 Å². The zero-order valence-electron chi connectivity index (χ0n) is 15.0. The number of anilines is 2. The molecule has 0 aliphatic heterocycles. The normalized spacial score (nSPS) is 19.2. The largest absolute Gasteiger partial charge is 0.456 e. The van der Waals surface area contributed by atoms with Crippen LogP contribution in [0, 0.1) is 5.92 Å². The maximum atomic E-state index is 11.4. The molecule has 1 aliphatic rings. The number of carbonyl (C=O) groups is 1. The third-order valence-corrected chi connectivity index (χ3v) is 5.35. The molecule has 8 nitrogen and oxygen atoms in total. The van der Waals surface area contributed by atoms with Gasteiger partial charge in [0.15, 0.2) is 0 Å². The Hall–Kier alpha value is -2.84. The summed E-state index contributed by atoms with van der Waals surface area (Å²) >= 11 is 6.37. The quantitative estimate of drug-likeness (QED) is 0.481. The average molecular weight is 402 g/mol. The molecule has 1 saturated carbocycles. The molecule has 28 heavy (non-hydrogen) atoms. The second-order valence-electron chi connectivity index (χ2n) is 7.03. The number of benzene rings is 1. The summed E-state index contributed by atoms with van der Waals surface area (Å²) in [4.78, 5) is 19.8. The van der Waals surface area contributed by atoms with Crippen LogP contribution in [0.3, 0.4) is 0 Å². The second-order valence-corrected chi connectivity index (χ2v) is 7.38. The summed E-state index contributed by atoms with van der Waals surface area (Å²) in [6, 6.07) is 6.93. The van der Waals surface area contributed by atoms with Crippen LogP contribution in [-0.2, 0) is 0 Å². The van der Waals surface area contributed by atoms with Crippen LogP contribution in [0.2, 0.25) is 5.15 Å². The zero-order chi connectivity index (χ0) is 19.8. The summed E-state index contributed by atoms with van der Waals surface area (Å²) in [5.74, 6) is 0.737. The fourth-order valence-electron chi connectivity index (χ4n) is 3.65. The van der Waals surface area contributed by atoms with E-state index in [1.54, 1.807) is 24.3 Å². The highest BCUT2D eigenvalue weighted by molar-refractivity contribution is 6.32. The van der Waals surface area contributed by atoms with E-state index in [0.717, 1.165) is 24.6 Å².